The Labute approximate surface area is 167 Å². The van der Waals surface area contributed by atoms with E-state index >= 15 is 0 Å². The molecule has 0 aliphatic carbocycles. The molecule has 0 saturated carbocycles. The Morgan fingerprint density at radius 3 is 2.64 bits per heavy atom. The van der Waals surface area contributed by atoms with Crippen LogP contribution in [0.4, 0.5) is 0 Å². The van der Waals surface area contributed by atoms with E-state index in [0.29, 0.717) is 12.6 Å². The second kappa shape index (κ2) is 9.03. The van der Waals surface area contributed by atoms with Gasteiger partial charge in [0.15, 0.2) is 0 Å². The van der Waals surface area contributed by atoms with Crippen LogP contribution in [0, 0.1) is 0 Å². The molecule has 4 rings (SSSR count). The van der Waals surface area contributed by atoms with Crippen molar-refractivity contribution in [2.24, 2.45) is 0 Å². The number of nitrogens with zero attached hydrogens (tertiary/aromatic N) is 2. The van der Waals surface area contributed by atoms with E-state index in [1.54, 1.807) is 0 Å². The number of fused-ring (bicyclic) bond motifs is 1. The van der Waals surface area contributed by atoms with E-state index < -0.39 is 0 Å². The van der Waals surface area contributed by atoms with Crippen LogP contribution < -0.4 is 5.32 Å². The highest BCUT2D eigenvalue weighted by Gasteiger charge is 2.24. The molecule has 28 heavy (non-hydrogen) atoms. The number of amides is 1. The Bertz CT molecular complexity index is 790. The van der Waals surface area contributed by atoms with E-state index in [4.69, 9.17) is 4.74 Å². The maximum absolute atomic E-state index is 12.6. The summed E-state index contributed by atoms with van der Waals surface area (Å²) in [6.45, 7) is 8.43. The molecule has 0 radical (unpaired) electrons. The van der Waals surface area contributed by atoms with E-state index in [2.05, 4.69) is 58.4 Å². The number of carbonyl (C=O) groups is 1. The van der Waals surface area contributed by atoms with Gasteiger partial charge in [0.2, 0.25) is 5.91 Å². The van der Waals surface area contributed by atoms with Gasteiger partial charge < -0.3 is 10.1 Å². The van der Waals surface area contributed by atoms with Gasteiger partial charge in [-0.05, 0) is 36.1 Å². The second-order valence-corrected chi connectivity index (χ2v) is 8.07. The average molecular weight is 382 g/mol. The lowest BCUT2D eigenvalue weighted by Crippen LogP contribution is -2.51. The highest BCUT2D eigenvalue weighted by molar-refractivity contribution is 5.87. The fraction of sp³-hybridized carbons (Fsp3) is 0.522. The van der Waals surface area contributed by atoms with Gasteiger partial charge in [0.25, 0.3) is 0 Å². The molecule has 2 unspecified atom stereocenters. The van der Waals surface area contributed by atoms with Crippen LogP contribution in [0.5, 0.6) is 0 Å². The molecule has 1 amide bonds. The van der Waals surface area contributed by atoms with E-state index in [0.717, 1.165) is 39.3 Å². The lowest BCUT2D eigenvalue weighted by Gasteiger charge is -2.35. The Balaban J connectivity index is 1.26. The summed E-state index contributed by atoms with van der Waals surface area (Å²) in [6.07, 6.45) is 2.80. The van der Waals surface area contributed by atoms with Crippen molar-refractivity contribution >= 4 is 16.7 Å². The number of piperazine rings is 1. The first kappa shape index (κ1) is 19.4. The molecule has 150 valence electrons. The first-order valence-corrected chi connectivity index (χ1v) is 10.5. The van der Waals surface area contributed by atoms with Gasteiger partial charge in [-0.2, -0.15) is 0 Å². The number of rotatable bonds is 6. The molecule has 0 bridgehead atoms. The summed E-state index contributed by atoms with van der Waals surface area (Å²) in [5.74, 6) is 0.105. The van der Waals surface area contributed by atoms with Crippen molar-refractivity contribution in [3.05, 3.63) is 48.0 Å². The fourth-order valence-electron chi connectivity index (χ4n) is 4.40. The minimum atomic E-state index is -0.000551. The maximum Gasteiger partial charge on any atom is 0.234 e. The SMILES string of the molecule is CC(NC(=O)CN1CCN(CC2CCCO2)CC1)c1cccc2ccccc12. The van der Waals surface area contributed by atoms with Crippen molar-refractivity contribution in [2.45, 2.75) is 31.9 Å². The maximum atomic E-state index is 12.6. The van der Waals surface area contributed by atoms with E-state index in [1.165, 1.54) is 29.2 Å². The lowest BCUT2D eigenvalue weighted by molar-refractivity contribution is -0.123. The summed E-state index contributed by atoms with van der Waals surface area (Å²) >= 11 is 0. The van der Waals surface area contributed by atoms with Crippen molar-refractivity contribution < 1.29 is 9.53 Å². The Kier molecular flexibility index (Phi) is 6.25. The molecule has 2 atom stereocenters. The third-order valence-corrected chi connectivity index (χ3v) is 5.99. The number of benzene rings is 2. The Hall–Kier alpha value is -1.95. The summed E-state index contributed by atoms with van der Waals surface area (Å²) < 4.78 is 5.74. The van der Waals surface area contributed by atoms with Gasteiger partial charge in [0, 0.05) is 39.3 Å². The van der Waals surface area contributed by atoms with E-state index in [9.17, 15) is 4.79 Å². The third kappa shape index (κ3) is 4.72. The van der Waals surface area contributed by atoms with Crippen molar-refractivity contribution in [1.29, 1.82) is 0 Å². The predicted molar refractivity (Wildman–Crippen MR) is 112 cm³/mol. The molecule has 2 aromatic carbocycles. The van der Waals surface area contributed by atoms with Crippen LogP contribution in [0.15, 0.2) is 42.5 Å². The van der Waals surface area contributed by atoms with Crippen LogP contribution in [-0.4, -0.2) is 67.7 Å². The van der Waals surface area contributed by atoms with Crippen LogP contribution in [0.3, 0.4) is 0 Å². The van der Waals surface area contributed by atoms with E-state index in [-0.39, 0.29) is 11.9 Å². The van der Waals surface area contributed by atoms with Gasteiger partial charge in [0.1, 0.15) is 0 Å². The van der Waals surface area contributed by atoms with Crippen LogP contribution in [0.1, 0.15) is 31.4 Å². The summed E-state index contributed by atoms with van der Waals surface area (Å²) in [7, 11) is 0. The molecule has 2 aliphatic rings. The minimum Gasteiger partial charge on any atom is -0.377 e. The third-order valence-electron chi connectivity index (χ3n) is 5.99. The smallest absolute Gasteiger partial charge is 0.234 e. The minimum absolute atomic E-state index is 0.000551. The molecular formula is C23H31N3O2. The van der Waals surface area contributed by atoms with Crippen LogP contribution >= 0.6 is 0 Å². The van der Waals surface area contributed by atoms with Gasteiger partial charge >= 0.3 is 0 Å². The monoisotopic (exact) mass is 381 g/mol. The molecule has 2 saturated heterocycles. The van der Waals surface area contributed by atoms with Gasteiger partial charge in [-0.3, -0.25) is 14.6 Å². The zero-order valence-electron chi connectivity index (χ0n) is 16.8. The quantitative estimate of drug-likeness (QED) is 0.836. The summed E-state index contributed by atoms with van der Waals surface area (Å²) in [5.41, 5.74) is 1.17. The van der Waals surface area contributed by atoms with Crippen molar-refractivity contribution in [1.82, 2.24) is 15.1 Å². The topological polar surface area (TPSA) is 44.8 Å². The van der Waals surface area contributed by atoms with Crippen LogP contribution in [-0.2, 0) is 9.53 Å². The van der Waals surface area contributed by atoms with Gasteiger partial charge in [-0.15, -0.1) is 0 Å². The first-order chi connectivity index (χ1) is 13.7. The molecule has 5 nitrogen and oxygen atoms in total. The normalized spacial score (nSPS) is 22.4. The zero-order chi connectivity index (χ0) is 19.3. The summed E-state index contributed by atoms with van der Waals surface area (Å²) in [5, 5.41) is 5.61. The van der Waals surface area contributed by atoms with Crippen molar-refractivity contribution in [3.8, 4) is 0 Å². The van der Waals surface area contributed by atoms with Gasteiger partial charge in [-0.25, -0.2) is 0 Å². The van der Waals surface area contributed by atoms with Crippen LogP contribution in [0.25, 0.3) is 10.8 Å². The molecule has 0 spiro atoms. The number of carbonyl (C=O) groups excluding carboxylic acids is 1. The zero-order valence-corrected chi connectivity index (χ0v) is 16.8. The van der Waals surface area contributed by atoms with Gasteiger partial charge in [0.05, 0.1) is 18.7 Å². The van der Waals surface area contributed by atoms with Crippen molar-refractivity contribution in [3.63, 3.8) is 0 Å². The van der Waals surface area contributed by atoms with Crippen molar-refractivity contribution in [2.75, 3.05) is 45.9 Å². The number of nitrogens with one attached hydrogen (secondary N) is 1. The second-order valence-electron chi connectivity index (χ2n) is 8.07. The number of hydrogen-bond donors (Lipinski definition) is 1. The first-order valence-electron chi connectivity index (χ1n) is 10.5. The highest BCUT2D eigenvalue weighted by atomic mass is 16.5. The number of hydrogen-bond acceptors (Lipinski definition) is 4. The fourth-order valence-corrected chi connectivity index (χ4v) is 4.40. The molecule has 2 aliphatic heterocycles. The molecular weight excluding hydrogens is 350 g/mol. The Morgan fingerprint density at radius 1 is 1.11 bits per heavy atom. The number of ether oxygens (including phenoxy) is 1. The molecule has 5 heteroatoms. The largest absolute Gasteiger partial charge is 0.377 e. The molecule has 2 aromatic rings. The molecule has 0 aromatic heterocycles. The van der Waals surface area contributed by atoms with Gasteiger partial charge in [-0.1, -0.05) is 42.5 Å². The molecule has 1 N–H and O–H groups in total. The molecule has 2 fully saturated rings. The lowest BCUT2D eigenvalue weighted by atomic mass is 10.00. The molecule has 2 heterocycles. The average Bonchev–Trinajstić information content (AvgIpc) is 3.22. The highest BCUT2D eigenvalue weighted by Crippen LogP contribution is 2.24. The summed E-state index contributed by atoms with van der Waals surface area (Å²) in [4.78, 5) is 17.3. The van der Waals surface area contributed by atoms with Crippen LogP contribution in [0.2, 0.25) is 0 Å². The summed E-state index contributed by atoms with van der Waals surface area (Å²) in [6, 6.07) is 14.6. The standard InChI is InChI=1S/C23H31N3O2/c1-18(21-10-4-7-19-6-2-3-9-22(19)21)24-23(27)17-26-13-11-25(12-14-26)16-20-8-5-15-28-20/h2-4,6-7,9-10,18,20H,5,8,11-17H2,1H3,(H,24,27). The van der Waals surface area contributed by atoms with E-state index in [1.807, 2.05) is 6.07 Å². The predicted octanol–water partition coefficient (Wildman–Crippen LogP) is 2.81. The Morgan fingerprint density at radius 2 is 1.86 bits per heavy atom.